The summed E-state index contributed by atoms with van der Waals surface area (Å²) in [7, 11) is 1.80. The van der Waals surface area contributed by atoms with E-state index in [4.69, 9.17) is 5.73 Å². The van der Waals surface area contributed by atoms with E-state index in [9.17, 15) is 4.79 Å². The molecular weight excluding hydrogens is 166 g/mol. The van der Waals surface area contributed by atoms with Crippen molar-refractivity contribution in [1.82, 2.24) is 9.55 Å². The van der Waals surface area contributed by atoms with Gasteiger partial charge in [0.1, 0.15) is 5.69 Å². The zero-order valence-electron chi connectivity index (χ0n) is 7.19. The van der Waals surface area contributed by atoms with E-state index in [0.717, 1.165) is 11.0 Å². The van der Waals surface area contributed by atoms with E-state index >= 15 is 0 Å². The van der Waals surface area contributed by atoms with Crippen molar-refractivity contribution in [3.63, 3.8) is 0 Å². The molecule has 0 atom stereocenters. The smallest absolute Gasteiger partial charge is 0.265 e. The maximum absolute atomic E-state index is 11.0. The third-order valence-electron chi connectivity index (χ3n) is 2.06. The number of aryl methyl sites for hydroxylation is 1. The second kappa shape index (κ2) is 2.58. The molecule has 2 aromatic heterocycles. The summed E-state index contributed by atoms with van der Waals surface area (Å²) >= 11 is 0. The van der Waals surface area contributed by atoms with Crippen molar-refractivity contribution in [2.24, 2.45) is 12.8 Å². The molecule has 1 amide bonds. The summed E-state index contributed by atoms with van der Waals surface area (Å²) in [5, 5.41) is 0. The Morgan fingerprint density at radius 2 is 2.38 bits per heavy atom. The van der Waals surface area contributed by atoms with Crippen molar-refractivity contribution in [3.05, 3.63) is 30.1 Å². The molecule has 0 saturated heterocycles. The first-order valence-electron chi connectivity index (χ1n) is 3.90. The van der Waals surface area contributed by atoms with Gasteiger partial charge in [-0.2, -0.15) is 0 Å². The van der Waals surface area contributed by atoms with E-state index in [1.807, 2.05) is 12.1 Å². The van der Waals surface area contributed by atoms with Gasteiger partial charge < -0.3 is 10.3 Å². The van der Waals surface area contributed by atoms with E-state index < -0.39 is 5.91 Å². The fourth-order valence-electron chi connectivity index (χ4n) is 1.40. The number of carbonyl (C=O) groups is 1. The fourth-order valence-corrected chi connectivity index (χ4v) is 1.40. The number of hydrogen-bond donors (Lipinski definition) is 1. The molecule has 66 valence electrons. The van der Waals surface area contributed by atoms with Crippen LogP contribution in [0.25, 0.3) is 11.0 Å². The van der Waals surface area contributed by atoms with Crippen LogP contribution in [0.4, 0.5) is 0 Å². The van der Waals surface area contributed by atoms with Gasteiger partial charge in [-0.05, 0) is 18.2 Å². The fraction of sp³-hybridized carbons (Fsp3) is 0.111. The Morgan fingerprint density at radius 3 is 3.00 bits per heavy atom. The molecule has 0 aromatic carbocycles. The maximum Gasteiger partial charge on any atom is 0.265 e. The van der Waals surface area contributed by atoms with Crippen LogP contribution in [0.2, 0.25) is 0 Å². The van der Waals surface area contributed by atoms with Crippen LogP contribution in [0, 0.1) is 0 Å². The molecule has 0 aliphatic carbocycles. The van der Waals surface area contributed by atoms with Gasteiger partial charge in [-0.25, -0.2) is 0 Å². The highest BCUT2D eigenvalue weighted by Crippen LogP contribution is 2.14. The summed E-state index contributed by atoms with van der Waals surface area (Å²) in [6.07, 6.45) is 1.69. The summed E-state index contributed by atoms with van der Waals surface area (Å²) < 4.78 is 1.74. The third-order valence-corrected chi connectivity index (χ3v) is 2.06. The van der Waals surface area contributed by atoms with Gasteiger partial charge >= 0.3 is 0 Å². The monoisotopic (exact) mass is 175 g/mol. The zero-order chi connectivity index (χ0) is 9.42. The number of primary amides is 1. The highest BCUT2D eigenvalue weighted by Gasteiger charge is 2.09. The van der Waals surface area contributed by atoms with Crippen LogP contribution < -0.4 is 5.73 Å². The second-order valence-electron chi connectivity index (χ2n) is 2.86. The average Bonchev–Trinajstić information content (AvgIpc) is 2.45. The first-order valence-corrected chi connectivity index (χ1v) is 3.90. The van der Waals surface area contributed by atoms with E-state index in [1.165, 1.54) is 0 Å². The van der Waals surface area contributed by atoms with Gasteiger partial charge in [-0.3, -0.25) is 9.78 Å². The Kier molecular flexibility index (Phi) is 1.55. The van der Waals surface area contributed by atoms with Gasteiger partial charge in [0, 0.05) is 13.2 Å². The lowest BCUT2D eigenvalue weighted by Crippen LogP contribution is -2.14. The molecule has 4 heteroatoms. The number of hydrogen-bond acceptors (Lipinski definition) is 2. The Hall–Kier alpha value is -1.84. The number of amides is 1. The van der Waals surface area contributed by atoms with Gasteiger partial charge in [0.2, 0.25) is 0 Å². The number of nitrogens with zero attached hydrogens (tertiary/aromatic N) is 2. The number of nitrogens with two attached hydrogens (primary N) is 1. The molecule has 4 nitrogen and oxygen atoms in total. The number of rotatable bonds is 1. The minimum absolute atomic E-state index is 0.430. The first-order chi connectivity index (χ1) is 6.20. The molecule has 0 aliphatic heterocycles. The van der Waals surface area contributed by atoms with Crippen molar-refractivity contribution < 1.29 is 4.79 Å². The average molecular weight is 175 g/mol. The summed E-state index contributed by atoms with van der Waals surface area (Å²) in [6, 6.07) is 5.42. The van der Waals surface area contributed by atoms with Gasteiger partial charge in [-0.1, -0.05) is 0 Å². The lowest BCUT2D eigenvalue weighted by atomic mass is 10.4. The normalized spacial score (nSPS) is 10.5. The Balaban J connectivity index is 2.81. The molecule has 0 unspecified atom stereocenters. The molecule has 0 saturated carbocycles. The summed E-state index contributed by atoms with van der Waals surface area (Å²) in [6.45, 7) is 0. The molecule has 2 heterocycles. The van der Waals surface area contributed by atoms with Crippen LogP contribution in [0.5, 0.6) is 0 Å². The van der Waals surface area contributed by atoms with Gasteiger partial charge in [0.15, 0.2) is 0 Å². The van der Waals surface area contributed by atoms with Crippen molar-refractivity contribution >= 4 is 16.9 Å². The Bertz CT molecular complexity index is 473. The molecule has 0 radical (unpaired) electrons. The van der Waals surface area contributed by atoms with E-state index in [2.05, 4.69) is 4.98 Å². The first kappa shape index (κ1) is 7.79. The third kappa shape index (κ3) is 1.07. The largest absolute Gasteiger partial charge is 0.364 e. The van der Waals surface area contributed by atoms with Crippen LogP contribution in [0.1, 0.15) is 10.5 Å². The molecule has 13 heavy (non-hydrogen) atoms. The Morgan fingerprint density at radius 1 is 1.62 bits per heavy atom. The number of carbonyl (C=O) groups excluding carboxylic acids is 1. The maximum atomic E-state index is 11.0. The molecule has 2 N–H and O–H groups in total. The summed E-state index contributed by atoms with van der Waals surface area (Å²) in [5.74, 6) is -0.430. The minimum Gasteiger partial charge on any atom is -0.364 e. The number of fused-ring (bicyclic) bond motifs is 1. The molecule has 0 aliphatic rings. The number of aromatic nitrogens is 2. The lowest BCUT2D eigenvalue weighted by molar-refractivity contribution is 0.0993. The standard InChI is InChI=1S/C9H9N3O/c1-12-7-3-2-4-11-6(7)5-8(12)9(10)13/h2-5H,1H3,(H2,10,13). The zero-order valence-corrected chi connectivity index (χ0v) is 7.19. The van der Waals surface area contributed by atoms with Crippen molar-refractivity contribution in [2.75, 3.05) is 0 Å². The van der Waals surface area contributed by atoms with Gasteiger partial charge in [-0.15, -0.1) is 0 Å². The Labute approximate surface area is 75.0 Å². The molecule has 0 spiro atoms. The quantitative estimate of drug-likeness (QED) is 0.692. The summed E-state index contributed by atoms with van der Waals surface area (Å²) in [5.41, 5.74) is 7.37. The van der Waals surface area contributed by atoms with Crippen LogP contribution in [-0.4, -0.2) is 15.5 Å². The van der Waals surface area contributed by atoms with Crippen LogP contribution in [0.3, 0.4) is 0 Å². The van der Waals surface area contributed by atoms with E-state index in [0.29, 0.717) is 5.69 Å². The SMILES string of the molecule is Cn1c(C(N)=O)cc2ncccc21. The molecule has 2 aromatic rings. The van der Waals surface area contributed by atoms with E-state index in [-0.39, 0.29) is 0 Å². The van der Waals surface area contributed by atoms with Gasteiger partial charge in [0.05, 0.1) is 11.0 Å². The molecule has 0 bridgehead atoms. The second-order valence-corrected chi connectivity index (χ2v) is 2.86. The predicted molar refractivity (Wildman–Crippen MR) is 49.2 cm³/mol. The van der Waals surface area contributed by atoms with Crippen LogP contribution >= 0.6 is 0 Å². The van der Waals surface area contributed by atoms with Crippen LogP contribution in [0.15, 0.2) is 24.4 Å². The number of pyridine rings is 1. The predicted octanol–water partition coefficient (Wildman–Crippen LogP) is 0.672. The minimum atomic E-state index is -0.430. The highest BCUT2D eigenvalue weighted by atomic mass is 16.1. The highest BCUT2D eigenvalue weighted by molar-refractivity contribution is 5.96. The van der Waals surface area contributed by atoms with Gasteiger partial charge in [0.25, 0.3) is 5.91 Å². The molecular formula is C9H9N3O. The van der Waals surface area contributed by atoms with Crippen LogP contribution in [-0.2, 0) is 7.05 Å². The topological polar surface area (TPSA) is 60.9 Å². The van der Waals surface area contributed by atoms with Crippen molar-refractivity contribution in [3.8, 4) is 0 Å². The molecule has 2 rings (SSSR count). The van der Waals surface area contributed by atoms with Crippen molar-refractivity contribution in [1.29, 1.82) is 0 Å². The summed E-state index contributed by atoms with van der Waals surface area (Å²) in [4.78, 5) is 15.1. The molecule has 0 fully saturated rings. The van der Waals surface area contributed by atoms with E-state index in [1.54, 1.807) is 23.9 Å². The van der Waals surface area contributed by atoms with Crippen molar-refractivity contribution in [2.45, 2.75) is 0 Å². The lowest BCUT2D eigenvalue weighted by Gasteiger charge is -1.97.